The van der Waals surface area contributed by atoms with Gasteiger partial charge in [-0.05, 0) is 86.7 Å². The second-order valence-corrected chi connectivity index (χ2v) is 8.65. The molecule has 0 bridgehead atoms. The molecular formula is C25H21BrN4O3S. The first-order valence-electron chi connectivity index (χ1n) is 10.5. The largest absolute Gasteiger partial charge is 0.494 e. The smallest absolute Gasteiger partial charge is 0.290 e. The van der Waals surface area contributed by atoms with Crippen molar-refractivity contribution in [3.63, 3.8) is 0 Å². The van der Waals surface area contributed by atoms with Crippen LogP contribution in [0.3, 0.4) is 0 Å². The van der Waals surface area contributed by atoms with Crippen LogP contribution in [0.25, 0.3) is 11.4 Å². The van der Waals surface area contributed by atoms with Crippen LogP contribution in [-0.4, -0.2) is 20.8 Å². The standard InChI is InChI=1S/C25H21BrN4O3S/c1-3-33-21-14-12-20(13-15-21)30-24(32)22(28-27-18-8-6-17(26)7-9-18)23(31)29(25(30)34)19-10-4-16(2)5-11-19/h4-15,31H,3H2,1-2H3. The summed E-state index contributed by atoms with van der Waals surface area (Å²) in [4.78, 5) is 13.5. The van der Waals surface area contributed by atoms with E-state index in [1.807, 2.05) is 50.2 Å². The van der Waals surface area contributed by atoms with Gasteiger partial charge in [0.15, 0.2) is 4.77 Å². The second kappa shape index (κ2) is 10.1. The Morgan fingerprint density at radius 1 is 0.912 bits per heavy atom. The van der Waals surface area contributed by atoms with E-state index in [9.17, 15) is 9.90 Å². The molecule has 0 saturated carbocycles. The third-order valence-electron chi connectivity index (χ3n) is 5.00. The number of halogens is 1. The van der Waals surface area contributed by atoms with Crippen molar-refractivity contribution < 1.29 is 9.84 Å². The minimum atomic E-state index is -0.587. The normalized spacial score (nSPS) is 11.1. The van der Waals surface area contributed by atoms with Crippen LogP contribution >= 0.6 is 28.1 Å². The van der Waals surface area contributed by atoms with Crippen LogP contribution < -0.4 is 10.3 Å². The van der Waals surface area contributed by atoms with Crippen molar-refractivity contribution >= 4 is 39.5 Å². The van der Waals surface area contributed by atoms with Crippen LogP contribution in [0.4, 0.5) is 11.4 Å². The van der Waals surface area contributed by atoms with Gasteiger partial charge in [0.05, 0.1) is 23.7 Å². The predicted molar refractivity (Wildman–Crippen MR) is 138 cm³/mol. The minimum absolute atomic E-state index is 0.0955. The number of benzene rings is 3. The Labute approximate surface area is 209 Å². The number of aryl methyl sites for hydroxylation is 1. The zero-order valence-corrected chi connectivity index (χ0v) is 20.9. The van der Waals surface area contributed by atoms with Gasteiger partial charge in [0.25, 0.3) is 5.56 Å². The summed E-state index contributed by atoms with van der Waals surface area (Å²) >= 11 is 9.03. The summed E-state index contributed by atoms with van der Waals surface area (Å²) in [6.07, 6.45) is 0. The molecule has 0 radical (unpaired) electrons. The van der Waals surface area contributed by atoms with Crippen molar-refractivity contribution in [1.29, 1.82) is 0 Å². The summed E-state index contributed by atoms with van der Waals surface area (Å²) in [6, 6.07) is 21.5. The highest BCUT2D eigenvalue weighted by Crippen LogP contribution is 2.29. The van der Waals surface area contributed by atoms with Crippen molar-refractivity contribution in [1.82, 2.24) is 9.13 Å². The fourth-order valence-corrected chi connectivity index (χ4v) is 3.94. The molecule has 0 aliphatic heterocycles. The molecule has 0 aliphatic carbocycles. The van der Waals surface area contributed by atoms with E-state index < -0.39 is 5.56 Å². The van der Waals surface area contributed by atoms with Gasteiger partial charge in [-0.15, -0.1) is 5.11 Å². The van der Waals surface area contributed by atoms with Gasteiger partial charge in [0, 0.05) is 4.47 Å². The third-order valence-corrected chi connectivity index (χ3v) is 5.90. The summed E-state index contributed by atoms with van der Waals surface area (Å²) in [5, 5.41) is 19.4. The van der Waals surface area contributed by atoms with Gasteiger partial charge < -0.3 is 9.84 Å². The van der Waals surface area contributed by atoms with E-state index in [4.69, 9.17) is 17.0 Å². The lowest BCUT2D eigenvalue weighted by molar-refractivity contribution is 0.340. The van der Waals surface area contributed by atoms with E-state index >= 15 is 0 Å². The SMILES string of the molecule is CCOc1ccc(-n2c(=O)c(N=Nc3ccc(Br)cc3)c(O)n(-c3ccc(C)cc3)c2=S)cc1. The average molecular weight is 537 g/mol. The molecule has 0 saturated heterocycles. The van der Waals surface area contributed by atoms with Crippen molar-refractivity contribution in [3.05, 3.63) is 98.0 Å². The lowest BCUT2D eigenvalue weighted by atomic mass is 10.2. The fraction of sp³-hybridized carbons (Fsp3) is 0.120. The molecule has 0 unspecified atom stereocenters. The van der Waals surface area contributed by atoms with Gasteiger partial charge in [-0.1, -0.05) is 33.6 Å². The first kappa shape index (κ1) is 23.6. The topological polar surface area (TPSA) is 81.1 Å². The molecule has 4 rings (SSSR count). The van der Waals surface area contributed by atoms with E-state index in [0.29, 0.717) is 29.4 Å². The molecule has 34 heavy (non-hydrogen) atoms. The van der Waals surface area contributed by atoms with E-state index in [1.165, 1.54) is 9.13 Å². The molecule has 0 atom stereocenters. The quantitative estimate of drug-likeness (QED) is 0.213. The lowest BCUT2D eigenvalue weighted by Crippen LogP contribution is -2.23. The molecular weight excluding hydrogens is 516 g/mol. The van der Waals surface area contributed by atoms with Crippen molar-refractivity contribution in [3.8, 4) is 23.0 Å². The van der Waals surface area contributed by atoms with Crippen LogP contribution in [0.5, 0.6) is 11.6 Å². The molecule has 1 N–H and O–H groups in total. The fourth-order valence-electron chi connectivity index (χ4n) is 3.30. The van der Waals surface area contributed by atoms with E-state index in [1.54, 1.807) is 36.4 Å². The molecule has 0 fully saturated rings. The number of hydrogen-bond donors (Lipinski definition) is 1. The van der Waals surface area contributed by atoms with Crippen LogP contribution in [0.15, 0.2) is 92.3 Å². The maximum atomic E-state index is 13.5. The Kier molecular flexibility index (Phi) is 7.04. The van der Waals surface area contributed by atoms with Crippen molar-refractivity contribution in [2.75, 3.05) is 6.61 Å². The summed E-state index contributed by atoms with van der Waals surface area (Å²) < 4.78 is 9.21. The van der Waals surface area contributed by atoms with Crippen LogP contribution in [0.1, 0.15) is 12.5 Å². The van der Waals surface area contributed by atoms with E-state index in [2.05, 4.69) is 26.2 Å². The van der Waals surface area contributed by atoms with E-state index in [-0.39, 0.29) is 16.3 Å². The third kappa shape index (κ3) is 4.85. The first-order chi connectivity index (χ1) is 16.4. The average Bonchev–Trinajstić information content (AvgIpc) is 2.82. The highest BCUT2D eigenvalue weighted by Gasteiger charge is 2.19. The molecule has 1 aromatic heterocycles. The molecule has 1 heterocycles. The summed E-state index contributed by atoms with van der Waals surface area (Å²) in [5.74, 6) is 0.285. The Balaban J connectivity index is 1.94. The summed E-state index contributed by atoms with van der Waals surface area (Å²) in [5.41, 5.74) is 1.86. The van der Waals surface area contributed by atoms with Gasteiger partial charge in [-0.25, -0.2) is 0 Å². The minimum Gasteiger partial charge on any atom is -0.494 e. The zero-order valence-electron chi connectivity index (χ0n) is 18.5. The highest BCUT2D eigenvalue weighted by atomic mass is 79.9. The molecule has 172 valence electrons. The number of aromatic hydroxyl groups is 1. The van der Waals surface area contributed by atoms with Gasteiger partial charge in [-0.3, -0.25) is 13.9 Å². The molecule has 3 aromatic carbocycles. The number of hydrogen-bond acceptors (Lipinski definition) is 6. The molecule has 7 nitrogen and oxygen atoms in total. The number of aromatic nitrogens is 2. The second-order valence-electron chi connectivity index (χ2n) is 7.37. The molecule has 9 heteroatoms. The first-order valence-corrected chi connectivity index (χ1v) is 11.7. The Bertz CT molecular complexity index is 1460. The maximum Gasteiger partial charge on any atom is 0.290 e. The molecule has 4 aromatic rings. The van der Waals surface area contributed by atoms with Crippen molar-refractivity contribution in [2.45, 2.75) is 13.8 Å². The van der Waals surface area contributed by atoms with Crippen LogP contribution in [0.2, 0.25) is 0 Å². The van der Waals surface area contributed by atoms with Gasteiger partial charge >= 0.3 is 0 Å². The van der Waals surface area contributed by atoms with Crippen LogP contribution in [-0.2, 0) is 0 Å². The number of nitrogens with zero attached hydrogens (tertiary/aromatic N) is 4. The van der Waals surface area contributed by atoms with Gasteiger partial charge in [0.2, 0.25) is 11.6 Å². The highest BCUT2D eigenvalue weighted by molar-refractivity contribution is 9.10. The molecule has 0 aliphatic rings. The van der Waals surface area contributed by atoms with Gasteiger partial charge in [0.1, 0.15) is 5.75 Å². The molecule has 0 amide bonds. The summed E-state index contributed by atoms with van der Waals surface area (Å²) in [7, 11) is 0. The number of rotatable bonds is 6. The monoisotopic (exact) mass is 536 g/mol. The Hall–Kier alpha value is -3.56. The van der Waals surface area contributed by atoms with Crippen molar-refractivity contribution in [2.24, 2.45) is 10.2 Å². The lowest BCUT2D eigenvalue weighted by Gasteiger charge is -2.16. The summed E-state index contributed by atoms with van der Waals surface area (Å²) in [6.45, 7) is 4.38. The Morgan fingerprint density at radius 2 is 1.50 bits per heavy atom. The zero-order chi connectivity index (χ0) is 24.2. The van der Waals surface area contributed by atoms with Crippen LogP contribution in [0, 0.1) is 11.7 Å². The van der Waals surface area contributed by atoms with E-state index in [0.717, 1.165) is 10.0 Å². The Morgan fingerprint density at radius 3 is 2.12 bits per heavy atom. The maximum absolute atomic E-state index is 13.5. The molecule has 0 spiro atoms. The van der Waals surface area contributed by atoms with Gasteiger partial charge in [-0.2, -0.15) is 5.11 Å². The number of ether oxygens (including phenoxy) is 1. The number of azo groups is 1. The predicted octanol–water partition coefficient (Wildman–Crippen LogP) is 6.95.